The summed E-state index contributed by atoms with van der Waals surface area (Å²) in [6, 6.07) is 2.34. The Hall–Kier alpha value is -0.510. The normalized spacial score (nSPS) is 20.0. The molecule has 0 radical (unpaired) electrons. The molecule has 1 saturated heterocycles. The first-order valence-electron chi connectivity index (χ1n) is 5.54. The van der Waals surface area contributed by atoms with Gasteiger partial charge in [0.1, 0.15) is 5.82 Å². The largest absolute Gasteiger partial charge is 0.369 e. The first-order valence-corrected chi connectivity index (χ1v) is 6.29. The van der Waals surface area contributed by atoms with Gasteiger partial charge in [-0.1, -0.05) is 23.2 Å². The highest BCUT2D eigenvalue weighted by atomic mass is 35.5. The second-order valence-electron chi connectivity index (χ2n) is 3.99. The van der Waals surface area contributed by atoms with Crippen molar-refractivity contribution in [3.63, 3.8) is 0 Å². The summed E-state index contributed by atoms with van der Waals surface area (Å²) in [6.07, 6.45) is 5.25. The molecule has 16 heavy (non-hydrogen) atoms. The van der Waals surface area contributed by atoms with Crippen LogP contribution in [0.1, 0.15) is 19.3 Å². The number of hydrogen-bond donors (Lipinski definition) is 2. The van der Waals surface area contributed by atoms with E-state index in [0.29, 0.717) is 21.9 Å². The number of rotatable bonds is 4. The summed E-state index contributed by atoms with van der Waals surface area (Å²) < 4.78 is 0. The maximum Gasteiger partial charge on any atom is 0.144 e. The maximum absolute atomic E-state index is 6.00. The lowest BCUT2D eigenvalue weighted by atomic mass is 10.1. The molecule has 0 spiro atoms. The molecule has 88 valence electrons. The van der Waals surface area contributed by atoms with Gasteiger partial charge in [0.15, 0.2) is 0 Å². The Balaban J connectivity index is 1.80. The van der Waals surface area contributed by atoms with Crippen molar-refractivity contribution >= 4 is 29.0 Å². The summed E-state index contributed by atoms with van der Waals surface area (Å²) in [5.74, 6) is 0.712. The molecule has 0 aliphatic carbocycles. The van der Waals surface area contributed by atoms with Crippen LogP contribution in [0.2, 0.25) is 10.0 Å². The van der Waals surface area contributed by atoms with E-state index in [1.165, 1.54) is 12.8 Å². The van der Waals surface area contributed by atoms with E-state index >= 15 is 0 Å². The number of halogens is 2. The van der Waals surface area contributed by atoms with Crippen LogP contribution in [0.3, 0.4) is 0 Å². The number of nitrogens with one attached hydrogen (secondary N) is 2. The molecule has 0 unspecified atom stereocenters. The molecule has 0 aromatic carbocycles. The average Bonchev–Trinajstić information content (AvgIpc) is 2.74. The maximum atomic E-state index is 6.00. The van der Waals surface area contributed by atoms with E-state index in [4.69, 9.17) is 23.2 Å². The van der Waals surface area contributed by atoms with Crippen molar-refractivity contribution in [1.82, 2.24) is 10.3 Å². The Bertz CT molecular complexity index is 351. The van der Waals surface area contributed by atoms with E-state index in [9.17, 15) is 0 Å². The third-order valence-electron chi connectivity index (χ3n) is 2.76. The minimum absolute atomic E-state index is 0.563. The monoisotopic (exact) mass is 259 g/mol. The third kappa shape index (κ3) is 3.24. The Kier molecular flexibility index (Phi) is 4.27. The van der Waals surface area contributed by atoms with Crippen LogP contribution in [0.15, 0.2) is 12.3 Å². The molecule has 0 amide bonds. The first-order chi connectivity index (χ1) is 7.75. The molecule has 1 aliphatic heterocycles. The highest BCUT2D eigenvalue weighted by molar-refractivity contribution is 6.35. The van der Waals surface area contributed by atoms with Crippen molar-refractivity contribution in [3.8, 4) is 0 Å². The molecule has 1 aromatic heterocycles. The zero-order chi connectivity index (χ0) is 11.4. The van der Waals surface area contributed by atoms with Crippen molar-refractivity contribution in [1.29, 1.82) is 0 Å². The smallest absolute Gasteiger partial charge is 0.144 e. The van der Waals surface area contributed by atoms with E-state index in [1.54, 1.807) is 12.3 Å². The van der Waals surface area contributed by atoms with Crippen LogP contribution in [0.5, 0.6) is 0 Å². The summed E-state index contributed by atoms with van der Waals surface area (Å²) in [5.41, 5.74) is 0. The average molecular weight is 260 g/mol. The fourth-order valence-corrected chi connectivity index (χ4v) is 2.36. The Morgan fingerprint density at radius 1 is 1.50 bits per heavy atom. The van der Waals surface area contributed by atoms with Crippen LogP contribution in [-0.4, -0.2) is 24.1 Å². The van der Waals surface area contributed by atoms with E-state index in [2.05, 4.69) is 15.6 Å². The van der Waals surface area contributed by atoms with Crippen LogP contribution < -0.4 is 10.6 Å². The summed E-state index contributed by atoms with van der Waals surface area (Å²) in [5, 5.41) is 7.82. The molecule has 2 N–H and O–H groups in total. The second kappa shape index (κ2) is 5.71. The quantitative estimate of drug-likeness (QED) is 0.873. The summed E-state index contributed by atoms with van der Waals surface area (Å²) in [7, 11) is 0. The molecule has 1 aliphatic rings. The van der Waals surface area contributed by atoms with E-state index in [0.717, 1.165) is 19.5 Å². The van der Waals surface area contributed by atoms with Crippen LogP contribution in [0, 0.1) is 0 Å². The SMILES string of the molecule is Clc1cnc(NCC[C@@H]2CCCN2)c(Cl)c1. The number of aromatic nitrogens is 1. The van der Waals surface area contributed by atoms with Gasteiger partial charge in [-0.05, 0) is 31.9 Å². The van der Waals surface area contributed by atoms with Gasteiger partial charge in [-0.15, -0.1) is 0 Å². The molecule has 1 atom stereocenters. The van der Waals surface area contributed by atoms with E-state index < -0.39 is 0 Å². The number of pyridine rings is 1. The van der Waals surface area contributed by atoms with Gasteiger partial charge >= 0.3 is 0 Å². The Morgan fingerprint density at radius 3 is 3.06 bits per heavy atom. The molecule has 3 nitrogen and oxygen atoms in total. The van der Waals surface area contributed by atoms with Gasteiger partial charge in [0.25, 0.3) is 0 Å². The zero-order valence-electron chi connectivity index (χ0n) is 8.97. The van der Waals surface area contributed by atoms with E-state index in [-0.39, 0.29) is 0 Å². The molecule has 1 fully saturated rings. The lowest BCUT2D eigenvalue weighted by molar-refractivity contribution is 0.574. The van der Waals surface area contributed by atoms with Gasteiger partial charge in [-0.2, -0.15) is 0 Å². The van der Waals surface area contributed by atoms with Crippen molar-refractivity contribution in [2.45, 2.75) is 25.3 Å². The molecule has 5 heteroatoms. The molecule has 2 rings (SSSR count). The highest BCUT2D eigenvalue weighted by Crippen LogP contribution is 2.22. The van der Waals surface area contributed by atoms with E-state index in [1.807, 2.05) is 0 Å². The van der Waals surface area contributed by atoms with Gasteiger partial charge in [0, 0.05) is 18.8 Å². The first kappa shape index (κ1) is 12.0. The predicted molar refractivity (Wildman–Crippen MR) is 68.4 cm³/mol. The van der Waals surface area contributed by atoms with Gasteiger partial charge in [-0.3, -0.25) is 0 Å². The lowest BCUT2D eigenvalue weighted by Gasteiger charge is -2.11. The van der Waals surface area contributed by atoms with Gasteiger partial charge in [0.05, 0.1) is 10.0 Å². The summed E-state index contributed by atoms with van der Waals surface area (Å²) in [6.45, 7) is 2.02. The fourth-order valence-electron chi connectivity index (χ4n) is 1.91. The number of anilines is 1. The van der Waals surface area contributed by atoms with Crippen LogP contribution in [0.4, 0.5) is 5.82 Å². The lowest BCUT2D eigenvalue weighted by Crippen LogP contribution is -2.24. The van der Waals surface area contributed by atoms with Crippen molar-refractivity contribution in [2.75, 3.05) is 18.4 Å². The van der Waals surface area contributed by atoms with Gasteiger partial charge in [0.2, 0.25) is 0 Å². The summed E-state index contributed by atoms with van der Waals surface area (Å²) >= 11 is 11.8. The molecule has 0 saturated carbocycles. The van der Waals surface area contributed by atoms with Crippen LogP contribution in [-0.2, 0) is 0 Å². The topological polar surface area (TPSA) is 37.0 Å². The predicted octanol–water partition coefficient (Wildman–Crippen LogP) is 2.94. The number of hydrogen-bond acceptors (Lipinski definition) is 3. The zero-order valence-corrected chi connectivity index (χ0v) is 10.5. The molecule has 2 heterocycles. The van der Waals surface area contributed by atoms with Crippen LogP contribution >= 0.6 is 23.2 Å². The minimum Gasteiger partial charge on any atom is -0.369 e. The molecular weight excluding hydrogens is 245 g/mol. The number of nitrogens with zero attached hydrogens (tertiary/aromatic N) is 1. The second-order valence-corrected chi connectivity index (χ2v) is 4.84. The highest BCUT2D eigenvalue weighted by Gasteiger charge is 2.13. The van der Waals surface area contributed by atoms with Crippen molar-refractivity contribution in [2.24, 2.45) is 0 Å². The van der Waals surface area contributed by atoms with Gasteiger partial charge < -0.3 is 10.6 Å². The van der Waals surface area contributed by atoms with Crippen molar-refractivity contribution < 1.29 is 0 Å². The third-order valence-corrected chi connectivity index (χ3v) is 3.25. The Labute approximate surface area is 106 Å². The minimum atomic E-state index is 0.563. The summed E-state index contributed by atoms with van der Waals surface area (Å²) in [4.78, 5) is 4.15. The van der Waals surface area contributed by atoms with Crippen LogP contribution in [0.25, 0.3) is 0 Å². The Morgan fingerprint density at radius 2 is 2.38 bits per heavy atom. The molecular formula is C11H15Cl2N3. The molecule has 0 bridgehead atoms. The standard InChI is InChI=1S/C11H15Cl2N3/c12-8-6-10(13)11(16-7-8)15-5-3-9-2-1-4-14-9/h6-7,9,14H,1-5H2,(H,15,16)/t9-/m0/s1. The van der Waals surface area contributed by atoms with Crippen molar-refractivity contribution in [3.05, 3.63) is 22.3 Å². The molecule has 1 aromatic rings. The van der Waals surface area contributed by atoms with Gasteiger partial charge in [-0.25, -0.2) is 4.98 Å². The fraction of sp³-hybridized carbons (Fsp3) is 0.545.